The summed E-state index contributed by atoms with van der Waals surface area (Å²) in [6, 6.07) is 4.74. The molecule has 0 radical (unpaired) electrons. The Kier molecular flexibility index (Phi) is 2.51. The van der Waals surface area contributed by atoms with Gasteiger partial charge in [-0.3, -0.25) is 4.98 Å². The lowest BCUT2D eigenvalue weighted by atomic mass is 10.1. The predicted molar refractivity (Wildman–Crippen MR) is 64.2 cm³/mol. The van der Waals surface area contributed by atoms with Gasteiger partial charge in [0.05, 0.1) is 11.2 Å². The molecule has 2 rings (SSSR count). The van der Waals surface area contributed by atoms with E-state index in [1.807, 2.05) is 6.20 Å². The lowest BCUT2D eigenvalue weighted by Crippen LogP contribution is -2.03. The van der Waals surface area contributed by atoms with Crippen molar-refractivity contribution in [1.82, 2.24) is 9.55 Å². The zero-order valence-corrected chi connectivity index (χ0v) is 9.86. The van der Waals surface area contributed by atoms with Gasteiger partial charge in [-0.05, 0) is 31.9 Å². The first-order valence-corrected chi connectivity index (χ1v) is 5.56. The summed E-state index contributed by atoms with van der Waals surface area (Å²) >= 11 is 0. The van der Waals surface area contributed by atoms with Crippen molar-refractivity contribution in [2.45, 2.75) is 39.7 Å². The maximum Gasteiger partial charge on any atom is 0.0704 e. The summed E-state index contributed by atoms with van der Waals surface area (Å²) in [4.78, 5) is 4.50. The molecule has 0 spiro atoms. The summed E-state index contributed by atoms with van der Waals surface area (Å²) in [6.07, 6.45) is 4.06. The molecule has 0 atom stereocenters. The van der Waals surface area contributed by atoms with E-state index in [0.717, 1.165) is 0 Å². The van der Waals surface area contributed by atoms with Crippen LogP contribution in [0.4, 0.5) is 0 Å². The van der Waals surface area contributed by atoms with Gasteiger partial charge in [-0.15, -0.1) is 0 Å². The summed E-state index contributed by atoms with van der Waals surface area (Å²) in [6.45, 7) is 8.80. The van der Waals surface area contributed by atoms with E-state index >= 15 is 0 Å². The van der Waals surface area contributed by atoms with Gasteiger partial charge in [-0.1, -0.05) is 13.8 Å². The van der Waals surface area contributed by atoms with Crippen LogP contribution < -0.4 is 0 Å². The molecule has 2 aromatic heterocycles. The third-order valence-corrected chi connectivity index (χ3v) is 2.76. The molecule has 0 amide bonds. The first kappa shape index (κ1) is 10.2. The lowest BCUT2D eigenvalue weighted by molar-refractivity contribution is 0.617. The van der Waals surface area contributed by atoms with Crippen LogP contribution in [0.15, 0.2) is 24.5 Å². The molecule has 0 aliphatic carbocycles. The van der Waals surface area contributed by atoms with Gasteiger partial charge in [0.25, 0.3) is 0 Å². The molecule has 15 heavy (non-hydrogen) atoms. The Morgan fingerprint density at radius 2 is 1.87 bits per heavy atom. The molecule has 0 fully saturated rings. The molecular formula is C13H18N2. The Morgan fingerprint density at radius 3 is 2.47 bits per heavy atom. The maximum atomic E-state index is 4.50. The molecular weight excluding hydrogens is 184 g/mol. The van der Waals surface area contributed by atoms with E-state index in [-0.39, 0.29) is 0 Å². The van der Waals surface area contributed by atoms with Crippen LogP contribution >= 0.6 is 0 Å². The average molecular weight is 202 g/mol. The number of aromatic nitrogens is 2. The van der Waals surface area contributed by atoms with Crippen LogP contribution in [0.5, 0.6) is 0 Å². The van der Waals surface area contributed by atoms with Crippen molar-refractivity contribution in [1.29, 1.82) is 0 Å². The van der Waals surface area contributed by atoms with Gasteiger partial charge in [0.1, 0.15) is 0 Å². The van der Waals surface area contributed by atoms with E-state index < -0.39 is 0 Å². The van der Waals surface area contributed by atoms with Crippen molar-refractivity contribution < 1.29 is 0 Å². The van der Waals surface area contributed by atoms with Gasteiger partial charge >= 0.3 is 0 Å². The first-order chi connectivity index (χ1) is 7.11. The van der Waals surface area contributed by atoms with E-state index in [4.69, 9.17) is 0 Å². The molecule has 80 valence electrons. The molecule has 0 unspecified atom stereocenters. The minimum absolute atomic E-state index is 0.473. The van der Waals surface area contributed by atoms with E-state index in [0.29, 0.717) is 12.0 Å². The zero-order valence-electron chi connectivity index (χ0n) is 9.86. The number of pyridine rings is 1. The third kappa shape index (κ3) is 1.65. The smallest absolute Gasteiger partial charge is 0.0704 e. The second-order valence-electron chi connectivity index (χ2n) is 4.61. The van der Waals surface area contributed by atoms with Crippen molar-refractivity contribution in [3.05, 3.63) is 30.2 Å². The van der Waals surface area contributed by atoms with Gasteiger partial charge in [0, 0.05) is 23.8 Å². The van der Waals surface area contributed by atoms with Gasteiger partial charge in [-0.2, -0.15) is 0 Å². The molecule has 0 aromatic carbocycles. The molecule has 0 bridgehead atoms. The molecule has 0 aliphatic rings. The summed E-state index contributed by atoms with van der Waals surface area (Å²) < 4.78 is 2.30. The van der Waals surface area contributed by atoms with Gasteiger partial charge in [0.2, 0.25) is 0 Å². The summed E-state index contributed by atoms with van der Waals surface area (Å²) in [5, 5.41) is 1.29. The van der Waals surface area contributed by atoms with Gasteiger partial charge in [0.15, 0.2) is 0 Å². The third-order valence-electron chi connectivity index (χ3n) is 2.76. The number of fused-ring (bicyclic) bond motifs is 1. The highest BCUT2D eigenvalue weighted by molar-refractivity contribution is 5.82. The van der Waals surface area contributed by atoms with Crippen LogP contribution in [-0.2, 0) is 0 Å². The van der Waals surface area contributed by atoms with Crippen molar-refractivity contribution in [2.24, 2.45) is 0 Å². The van der Waals surface area contributed by atoms with E-state index in [9.17, 15) is 0 Å². The fourth-order valence-electron chi connectivity index (χ4n) is 1.99. The van der Waals surface area contributed by atoms with Gasteiger partial charge < -0.3 is 4.57 Å². The Balaban J connectivity index is 2.75. The molecule has 0 N–H and O–H groups in total. The molecule has 0 saturated carbocycles. The molecule has 2 nitrogen and oxygen atoms in total. The van der Waals surface area contributed by atoms with Crippen molar-refractivity contribution in [3.8, 4) is 0 Å². The molecule has 0 saturated heterocycles. The summed E-state index contributed by atoms with van der Waals surface area (Å²) in [7, 11) is 0. The Bertz CT molecular complexity index is 466. The number of nitrogens with zero attached hydrogens (tertiary/aromatic N) is 2. The van der Waals surface area contributed by atoms with Crippen LogP contribution in [0.2, 0.25) is 0 Å². The second-order valence-corrected chi connectivity index (χ2v) is 4.61. The Morgan fingerprint density at radius 1 is 1.13 bits per heavy atom. The SMILES string of the molecule is CC(C)c1nccc2ccn(C(C)C)c12. The standard InChI is InChI=1S/C13H18N2/c1-9(2)12-13-11(5-7-14-12)6-8-15(13)10(3)4/h5-10H,1-4H3. The van der Waals surface area contributed by atoms with E-state index in [2.05, 4.69) is 55.6 Å². The maximum absolute atomic E-state index is 4.50. The largest absolute Gasteiger partial charge is 0.343 e. The van der Waals surface area contributed by atoms with Crippen molar-refractivity contribution in [3.63, 3.8) is 0 Å². The monoisotopic (exact) mass is 202 g/mol. The molecule has 2 heteroatoms. The zero-order chi connectivity index (χ0) is 11.0. The highest BCUT2D eigenvalue weighted by Gasteiger charge is 2.11. The highest BCUT2D eigenvalue weighted by Crippen LogP contribution is 2.26. The van der Waals surface area contributed by atoms with Crippen LogP contribution in [0.1, 0.15) is 45.3 Å². The predicted octanol–water partition coefficient (Wildman–Crippen LogP) is 3.74. The number of rotatable bonds is 2. The fraction of sp³-hybridized carbons (Fsp3) is 0.462. The topological polar surface area (TPSA) is 17.8 Å². The van der Waals surface area contributed by atoms with Crippen molar-refractivity contribution in [2.75, 3.05) is 0 Å². The average Bonchev–Trinajstić information content (AvgIpc) is 2.60. The second kappa shape index (κ2) is 3.69. The first-order valence-electron chi connectivity index (χ1n) is 5.56. The van der Waals surface area contributed by atoms with Crippen LogP contribution in [0.3, 0.4) is 0 Å². The Labute approximate surface area is 90.9 Å². The van der Waals surface area contributed by atoms with Crippen LogP contribution in [0.25, 0.3) is 10.9 Å². The quantitative estimate of drug-likeness (QED) is 0.725. The minimum Gasteiger partial charge on any atom is -0.343 e. The molecule has 0 aliphatic heterocycles. The fourth-order valence-corrected chi connectivity index (χ4v) is 1.99. The van der Waals surface area contributed by atoms with Crippen LogP contribution in [-0.4, -0.2) is 9.55 Å². The van der Waals surface area contributed by atoms with E-state index in [1.165, 1.54) is 16.6 Å². The Hall–Kier alpha value is -1.31. The lowest BCUT2D eigenvalue weighted by Gasteiger charge is -2.13. The van der Waals surface area contributed by atoms with E-state index in [1.54, 1.807) is 0 Å². The molecule has 2 heterocycles. The summed E-state index contributed by atoms with van der Waals surface area (Å²) in [5.74, 6) is 0.473. The highest BCUT2D eigenvalue weighted by atomic mass is 15.0. The minimum atomic E-state index is 0.473. The summed E-state index contributed by atoms with van der Waals surface area (Å²) in [5.41, 5.74) is 2.49. The van der Waals surface area contributed by atoms with Crippen LogP contribution in [0, 0.1) is 0 Å². The number of hydrogen-bond donors (Lipinski definition) is 0. The van der Waals surface area contributed by atoms with Crippen molar-refractivity contribution >= 4 is 10.9 Å². The number of hydrogen-bond acceptors (Lipinski definition) is 1. The normalized spacial score (nSPS) is 11.9. The van der Waals surface area contributed by atoms with Gasteiger partial charge in [-0.25, -0.2) is 0 Å². The molecule has 2 aromatic rings.